The summed E-state index contributed by atoms with van der Waals surface area (Å²) in [4.78, 5) is 0. The van der Waals surface area contributed by atoms with E-state index in [1.807, 2.05) is 0 Å². The highest BCUT2D eigenvalue weighted by Gasteiger charge is 2.49. The van der Waals surface area contributed by atoms with Gasteiger partial charge in [-0.2, -0.15) is 0 Å². The molecule has 4 atom stereocenters. The van der Waals surface area contributed by atoms with Crippen LogP contribution < -0.4 is 5.32 Å². The Morgan fingerprint density at radius 2 is 2.00 bits per heavy atom. The van der Waals surface area contributed by atoms with Gasteiger partial charge in [0.25, 0.3) is 0 Å². The molecule has 1 aromatic carbocycles. The third kappa shape index (κ3) is 2.64. The minimum Gasteiger partial charge on any atom is -0.388 e. The Morgan fingerprint density at radius 3 is 2.76 bits per heavy atom. The van der Waals surface area contributed by atoms with Crippen molar-refractivity contribution >= 4 is 0 Å². The summed E-state index contributed by atoms with van der Waals surface area (Å²) >= 11 is 0. The van der Waals surface area contributed by atoms with Crippen molar-refractivity contribution in [2.24, 2.45) is 17.8 Å². The van der Waals surface area contributed by atoms with E-state index in [0.717, 1.165) is 25.8 Å². The molecule has 116 valence electrons. The fourth-order valence-electron chi connectivity index (χ4n) is 4.72. The van der Waals surface area contributed by atoms with Crippen LogP contribution in [0.2, 0.25) is 0 Å². The molecule has 0 spiro atoms. The van der Waals surface area contributed by atoms with Gasteiger partial charge in [-0.15, -0.1) is 0 Å². The maximum Gasteiger partial charge on any atom is 0.0874 e. The van der Waals surface area contributed by atoms with Crippen LogP contribution in [0.1, 0.15) is 57.2 Å². The van der Waals surface area contributed by atoms with E-state index in [-0.39, 0.29) is 6.04 Å². The lowest BCUT2D eigenvalue weighted by molar-refractivity contribution is -0.108. The quantitative estimate of drug-likeness (QED) is 0.869. The topological polar surface area (TPSA) is 32.3 Å². The van der Waals surface area contributed by atoms with E-state index >= 15 is 0 Å². The van der Waals surface area contributed by atoms with Gasteiger partial charge < -0.3 is 10.4 Å². The first kappa shape index (κ1) is 15.1. The van der Waals surface area contributed by atoms with Crippen LogP contribution >= 0.6 is 0 Å². The van der Waals surface area contributed by atoms with Gasteiger partial charge in [-0.05, 0) is 54.7 Å². The molecule has 1 aliphatic carbocycles. The summed E-state index contributed by atoms with van der Waals surface area (Å²) < 4.78 is 0. The van der Waals surface area contributed by atoms with Crippen molar-refractivity contribution in [3.8, 4) is 0 Å². The van der Waals surface area contributed by atoms with Crippen molar-refractivity contribution in [1.29, 1.82) is 0 Å². The highest BCUT2D eigenvalue weighted by molar-refractivity contribution is 5.35. The van der Waals surface area contributed by atoms with Crippen molar-refractivity contribution in [3.05, 3.63) is 35.4 Å². The number of aliphatic hydroxyl groups is 1. The molecule has 21 heavy (non-hydrogen) atoms. The fourth-order valence-corrected chi connectivity index (χ4v) is 4.72. The standard InChI is InChI=1S/C19H29NO/c1-13(2)17-9-8-14(3)12-19(17,21)18-16-7-5-4-6-15(16)10-11-20-18/h4-7,13-14,17-18,20-21H,8-12H2,1-3H3. The molecule has 1 aliphatic heterocycles. The van der Waals surface area contributed by atoms with E-state index in [9.17, 15) is 5.11 Å². The Balaban J connectivity index is 2.00. The Bertz CT molecular complexity index is 498. The van der Waals surface area contributed by atoms with Crippen LogP contribution in [-0.2, 0) is 6.42 Å². The Kier molecular flexibility index (Phi) is 4.11. The number of hydrogen-bond donors (Lipinski definition) is 2. The van der Waals surface area contributed by atoms with Gasteiger partial charge in [0.05, 0.1) is 11.6 Å². The Hall–Kier alpha value is -0.860. The molecule has 1 fully saturated rings. The summed E-state index contributed by atoms with van der Waals surface area (Å²) in [6.07, 6.45) is 4.39. The largest absolute Gasteiger partial charge is 0.388 e. The smallest absolute Gasteiger partial charge is 0.0874 e. The van der Waals surface area contributed by atoms with E-state index in [1.54, 1.807) is 0 Å². The predicted octanol–water partition coefficient (Wildman–Crippen LogP) is 3.70. The molecule has 2 heteroatoms. The maximum atomic E-state index is 11.7. The number of fused-ring (bicyclic) bond motifs is 1. The van der Waals surface area contributed by atoms with Gasteiger partial charge in [0.2, 0.25) is 0 Å². The summed E-state index contributed by atoms with van der Waals surface area (Å²) in [5, 5.41) is 15.3. The Labute approximate surface area is 129 Å². The van der Waals surface area contributed by atoms with Crippen LogP contribution in [0.15, 0.2) is 24.3 Å². The first-order chi connectivity index (χ1) is 10.0. The summed E-state index contributed by atoms with van der Waals surface area (Å²) in [5.41, 5.74) is 2.13. The summed E-state index contributed by atoms with van der Waals surface area (Å²) in [5.74, 6) is 1.52. The van der Waals surface area contributed by atoms with Gasteiger partial charge in [0, 0.05) is 0 Å². The van der Waals surface area contributed by atoms with E-state index < -0.39 is 5.60 Å². The van der Waals surface area contributed by atoms with Crippen molar-refractivity contribution in [3.63, 3.8) is 0 Å². The average molecular weight is 287 g/mol. The number of nitrogens with one attached hydrogen (secondary N) is 1. The first-order valence-corrected chi connectivity index (χ1v) is 8.56. The molecule has 0 bridgehead atoms. The molecule has 0 saturated heterocycles. The van der Waals surface area contributed by atoms with E-state index in [0.29, 0.717) is 17.8 Å². The van der Waals surface area contributed by atoms with Crippen LogP contribution in [-0.4, -0.2) is 17.3 Å². The van der Waals surface area contributed by atoms with Gasteiger partial charge in [-0.1, -0.05) is 51.5 Å². The van der Waals surface area contributed by atoms with E-state index in [1.165, 1.54) is 17.5 Å². The lowest BCUT2D eigenvalue weighted by atomic mass is 9.62. The zero-order valence-electron chi connectivity index (χ0n) is 13.6. The second kappa shape index (κ2) is 5.73. The van der Waals surface area contributed by atoms with Crippen LogP contribution in [0.4, 0.5) is 0 Å². The molecule has 0 aromatic heterocycles. The highest BCUT2D eigenvalue weighted by atomic mass is 16.3. The number of hydrogen-bond acceptors (Lipinski definition) is 2. The molecule has 0 radical (unpaired) electrons. The summed E-state index contributed by atoms with van der Waals surface area (Å²) in [7, 11) is 0. The monoisotopic (exact) mass is 287 g/mol. The van der Waals surface area contributed by atoms with Crippen molar-refractivity contribution in [2.75, 3.05) is 6.54 Å². The van der Waals surface area contributed by atoms with Gasteiger partial charge in [0.15, 0.2) is 0 Å². The van der Waals surface area contributed by atoms with Gasteiger partial charge in [-0.25, -0.2) is 0 Å². The van der Waals surface area contributed by atoms with Crippen molar-refractivity contribution < 1.29 is 5.11 Å². The van der Waals surface area contributed by atoms with Crippen molar-refractivity contribution in [2.45, 2.75) is 58.1 Å². The summed E-state index contributed by atoms with van der Waals surface area (Å²) in [6.45, 7) is 7.79. The molecule has 1 saturated carbocycles. The zero-order valence-corrected chi connectivity index (χ0v) is 13.6. The average Bonchev–Trinajstić information content (AvgIpc) is 2.46. The van der Waals surface area contributed by atoms with Crippen LogP contribution in [0.5, 0.6) is 0 Å². The molecule has 1 aromatic rings. The minimum atomic E-state index is -0.609. The molecule has 0 amide bonds. The van der Waals surface area contributed by atoms with Crippen molar-refractivity contribution in [1.82, 2.24) is 5.32 Å². The molecule has 4 unspecified atom stereocenters. The normalized spacial score (nSPS) is 36.5. The molecule has 1 heterocycles. The minimum absolute atomic E-state index is 0.0950. The van der Waals surface area contributed by atoms with Crippen LogP contribution in [0.25, 0.3) is 0 Å². The van der Waals surface area contributed by atoms with Gasteiger partial charge in [0.1, 0.15) is 0 Å². The molecule has 2 nitrogen and oxygen atoms in total. The maximum absolute atomic E-state index is 11.7. The number of benzene rings is 1. The van der Waals surface area contributed by atoms with Crippen LogP contribution in [0, 0.1) is 17.8 Å². The molecular formula is C19H29NO. The third-order valence-electron chi connectivity index (χ3n) is 5.70. The molecule has 2 aliphatic rings. The van der Waals surface area contributed by atoms with Gasteiger partial charge >= 0.3 is 0 Å². The first-order valence-electron chi connectivity index (χ1n) is 8.56. The predicted molar refractivity (Wildman–Crippen MR) is 87.2 cm³/mol. The lowest BCUT2D eigenvalue weighted by Gasteiger charge is -2.50. The SMILES string of the molecule is CC1CCC(C(C)C)C(O)(C2NCCc3ccccc32)C1. The van der Waals surface area contributed by atoms with Crippen LogP contribution in [0.3, 0.4) is 0 Å². The van der Waals surface area contributed by atoms with E-state index in [2.05, 4.69) is 50.4 Å². The molecule has 2 N–H and O–H groups in total. The number of rotatable bonds is 2. The summed E-state index contributed by atoms with van der Waals surface area (Å²) in [6, 6.07) is 8.76. The third-order valence-corrected chi connectivity index (χ3v) is 5.70. The fraction of sp³-hybridized carbons (Fsp3) is 0.684. The lowest BCUT2D eigenvalue weighted by Crippen LogP contribution is -2.55. The molecular weight excluding hydrogens is 258 g/mol. The highest BCUT2D eigenvalue weighted by Crippen LogP contribution is 2.48. The van der Waals surface area contributed by atoms with Gasteiger partial charge in [-0.3, -0.25) is 0 Å². The molecule has 3 rings (SSSR count). The van der Waals surface area contributed by atoms with E-state index in [4.69, 9.17) is 0 Å². The Morgan fingerprint density at radius 1 is 1.24 bits per heavy atom. The second-order valence-electron chi connectivity index (χ2n) is 7.56. The zero-order chi connectivity index (χ0) is 15.0. The second-order valence-corrected chi connectivity index (χ2v) is 7.56.